The van der Waals surface area contributed by atoms with E-state index in [1.54, 1.807) is 19.4 Å². The number of fused-ring (bicyclic) bond motifs is 1. The van der Waals surface area contributed by atoms with Crippen LogP contribution in [0.4, 0.5) is 11.4 Å². The second-order valence-electron chi connectivity index (χ2n) is 4.84. The van der Waals surface area contributed by atoms with Crippen LogP contribution in [0.2, 0.25) is 0 Å². The van der Waals surface area contributed by atoms with Gasteiger partial charge in [0.1, 0.15) is 12.0 Å². The number of carbonyl (C=O) groups is 1. The van der Waals surface area contributed by atoms with Gasteiger partial charge in [0.25, 0.3) is 5.69 Å². The van der Waals surface area contributed by atoms with Gasteiger partial charge in [0.15, 0.2) is 0 Å². The number of hydrogen-bond donors (Lipinski definition) is 0. The summed E-state index contributed by atoms with van der Waals surface area (Å²) in [4.78, 5) is 31.9. The third-order valence-corrected chi connectivity index (χ3v) is 3.58. The van der Waals surface area contributed by atoms with Gasteiger partial charge < -0.3 is 4.90 Å². The lowest BCUT2D eigenvalue weighted by Gasteiger charge is -2.25. The first-order valence-corrected chi connectivity index (χ1v) is 6.41. The Balaban J connectivity index is 2.22. The van der Waals surface area contributed by atoms with Crippen LogP contribution in [0.1, 0.15) is 12.0 Å². The average molecular weight is 284 g/mol. The smallest absolute Gasteiger partial charge is 0.293 e. The molecule has 0 fully saturated rings. The van der Waals surface area contributed by atoms with Crippen LogP contribution in [0.3, 0.4) is 0 Å². The highest BCUT2D eigenvalue weighted by Gasteiger charge is 2.29. The number of benzene rings is 1. The molecule has 0 saturated heterocycles. The molecule has 2 heterocycles. The van der Waals surface area contributed by atoms with Crippen molar-refractivity contribution in [3.63, 3.8) is 0 Å². The first-order valence-electron chi connectivity index (χ1n) is 6.41. The quantitative estimate of drug-likeness (QED) is 0.621. The Hall–Kier alpha value is -2.83. The number of nitrogens with zero attached hydrogens (tertiary/aromatic N) is 4. The van der Waals surface area contributed by atoms with Gasteiger partial charge >= 0.3 is 0 Å². The molecule has 1 aliphatic rings. The van der Waals surface area contributed by atoms with E-state index in [9.17, 15) is 14.9 Å². The van der Waals surface area contributed by atoms with Crippen molar-refractivity contribution < 1.29 is 9.72 Å². The normalized spacial score (nSPS) is 14.0. The second kappa shape index (κ2) is 4.93. The summed E-state index contributed by atoms with van der Waals surface area (Å²) in [5.41, 5.74) is 2.51. The Labute approximate surface area is 120 Å². The molecule has 106 valence electrons. The second-order valence-corrected chi connectivity index (χ2v) is 4.84. The number of nitro groups is 1. The molecule has 0 spiro atoms. The monoisotopic (exact) mass is 284 g/mol. The molecule has 7 heteroatoms. The topological polar surface area (TPSA) is 89.2 Å². The molecule has 1 aromatic heterocycles. The minimum absolute atomic E-state index is 0.0677. The zero-order valence-electron chi connectivity index (χ0n) is 11.3. The molecule has 1 amide bonds. The number of anilines is 1. The minimum Gasteiger partial charge on any atom is -0.309 e. The molecule has 0 saturated carbocycles. The van der Waals surface area contributed by atoms with E-state index in [0.29, 0.717) is 29.7 Å². The van der Waals surface area contributed by atoms with Gasteiger partial charge in [-0.25, -0.2) is 9.97 Å². The lowest BCUT2D eigenvalue weighted by atomic mass is 9.95. The lowest BCUT2D eigenvalue weighted by molar-refractivity contribution is -0.384. The summed E-state index contributed by atoms with van der Waals surface area (Å²) in [6.07, 6.45) is 5.48. The third-order valence-electron chi connectivity index (χ3n) is 3.58. The third kappa shape index (κ3) is 2.22. The Kier molecular flexibility index (Phi) is 3.09. The van der Waals surface area contributed by atoms with Gasteiger partial charge in [-0.3, -0.25) is 14.9 Å². The number of rotatable bonds is 2. The number of aromatic nitrogens is 2. The van der Waals surface area contributed by atoms with Crippen LogP contribution in [0.5, 0.6) is 0 Å². The summed E-state index contributed by atoms with van der Waals surface area (Å²) in [6, 6.07) is 3.33. The summed E-state index contributed by atoms with van der Waals surface area (Å²) < 4.78 is 0. The Bertz CT molecular complexity index is 730. The van der Waals surface area contributed by atoms with E-state index < -0.39 is 4.92 Å². The minimum atomic E-state index is -0.457. The lowest BCUT2D eigenvalue weighted by Crippen LogP contribution is -2.31. The first kappa shape index (κ1) is 13.2. The van der Waals surface area contributed by atoms with Crippen LogP contribution in [-0.2, 0) is 11.2 Å². The molecule has 1 aromatic carbocycles. The molecule has 21 heavy (non-hydrogen) atoms. The number of carbonyl (C=O) groups excluding carboxylic acids is 1. The van der Waals surface area contributed by atoms with E-state index in [1.807, 2.05) is 6.07 Å². The van der Waals surface area contributed by atoms with Crippen LogP contribution in [-0.4, -0.2) is 27.8 Å². The van der Waals surface area contributed by atoms with Crippen LogP contribution in [0, 0.1) is 10.1 Å². The van der Waals surface area contributed by atoms with Crippen LogP contribution < -0.4 is 4.90 Å². The predicted molar refractivity (Wildman–Crippen MR) is 75.9 cm³/mol. The van der Waals surface area contributed by atoms with Crippen molar-refractivity contribution in [1.29, 1.82) is 0 Å². The van der Waals surface area contributed by atoms with Crippen LogP contribution in [0.15, 0.2) is 30.9 Å². The molecule has 0 bridgehead atoms. The molecule has 1 aliphatic heterocycles. The van der Waals surface area contributed by atoms with Crippen LogP contribution >= 0.6 is 0 Å². The summed E-state index contributed by atoms with van der Waals surface area (Å²) in [7, 11) is 1.57. The molecular formula is C14H12N4O3. The number of amides is 1. The van der Waals surface area contributed by atoms with Gasteiger partial charge in [0.05, 0.1) is 4.92 Å². The van der Waals surface area contributed by atoms with Crippen molar-refractivity contribution >= 4 is 17.3 Å². The highest BCUT2D eigenvalue weighted by atomic mass is 16.6. The van der Waals surface area contributed by atoms with Crippen LogP contribution in [0.25, 0.3) is 11.1 Å². The average Bonchev–Trinajstić information content (AvgIpc) is 2.50. The van der Waals surface area contributed by atoms with Crippen molar-refractivity contribution in [3.05, 3.63) is 46.5 Å². The predicted octanol–water partition coefficient (Wildman–Crippen LogP) is 1.96. The van der Waals surface area contributed by atoms with Gasteiger partial charge in [0.2, 0.25) is 5.91 Å². The zero-order chi connectivity index (χ0) is 15.0. The van der Waals surface area contributed by atoms with Crippen molar-refractivity contribution in [3.8, 4) is 11.1 Å². The van der Waals surface area contributed by atoms with E-state index in [2.05, 4.69) is 9.97 Å². The van der Waals surface area contributed by atoms with E-state index in [-0.39, 0.29) is 11.6 Å². The van der Waals surface area contributed by atoms with Gasteiger partial charge in [-0.1, -0.05) is 0 Å². The summed E-state index contributed by atoms with van der Waals surface area (Å²) in [5, 5.41) is 11.3. The van der Waals surface area contributed by atoms with Crippen molar-refractivity contribution in [1.82, 2.24) is 9.97 Å². The van der Waals surface area contributed by atoms with E-state index in [4.69, 9.17) is 0 Å². The van der Waals surface area contributed by atoms with Crippen molar-refractivity contribution in [2.75, 3.05) is 11.9 Å². The summed E-state index contributed by atoms with van der Waals surface area (Å²) >= 11 is 0. The molecule has 0 unspecified atom stereocenters. The van der Waals surface area contributed by atoms with Crippen molar-refractivity contribution in [2.45, 2.75) is 12.8 Å². The van der Waals surface area contributed by atoms with E-state index in [1.165, 1.54) is 17.3 Å². The molecular weight excluding hydrogens is 272 g/mol. The summed E-state index contributed by atoms with van der Waals surface area (Å²) in [6.45, 7) is 0. The van der Waals surface area contributed by atoms with Crippen molar-refractivity contribution in [2.24, 2.45) is 0 Å². The first-order chi connectivity index (χ1) is 10.1. The highest BCUT2D eigenvalue weighted by Crippen LogP contribution is 2.39. The standard InChI is InChI=1S/C14H12N4O3/c1-17-13(19)3-2-9-4-10(11-6-15-8-16-7-11)5-12(14(9)17)18(20)21/h4-8H,2-3H2,1H3. The van der Waals surface area contributed by atoms with Gasteiger partial charge in [0, 0.05) is 37.5 Å². The fraction of sp³-hybridized carbons (Fsp3) is 0.214. The maximum absolute atomic E-state index is 11.8. The Morgan fingerprint density at radius 2 is 1.90 bits per heavy atom. The van der Waals surface area contributed by atoms with Gasteiger partial charge in [-0.2, -0.15) is 0 Å². The van der Waals surface area contributed by atoms with E-state index >= 15 is 0 Å². The van der Waals surface area contributed by atoms with Gasteiger partial charge in [-0.15, -0.1) is 0 Å². The SMILES string of the molecule is CN1C(=O)CCc2cc(-c3cncnc3)cc([N+](=O)[O-])c21. The molecule has 7 nitrogen and oxygen atoms in total. The molecule has 0 aliphatic carbocycles. The molecule has 2 aromatic rings. The largest absolute Gasteiger partial charge is 0.309 e. The maximum Gasteiger partial charge on any atom is 0.293 e. The highest BCUT2D eigenvalue weighted by molar-refractivity contribution is 5.99. The number of aryl methyl sites for hydroxylation is 1. The zero-order valence-corrected chi connectivity index (χ0v) is 11.3. The maximum atomic E-state index is 11.8. The Morgan fingerprint density at radius 3 is 2.57 bits per heavy atom. The fourth-order valence-corrected chi connectivity index (χ4v) is 2.54. The van der Waals surface area contributed by atoms with Gasteiger partial charge in [-0.05, 0) is 23.6 Å². The molecule has 3 rings (SSSR count). The molecule has 0 atom stereocenters. The number of hydrogen-bond acceptors (Lipinski definition) is 5. The summed E-state index contributed by atoms with van der Waals surface area (Å²) in [5.74, 6) is -0.110. The molecule has 0 N–H and O–H groups in total. The number of nitro benzene ring substituents is 1. The Morgan fingerprint density at radius 1 is 1.19 bits per heavy atom. The fourth-order valence-electron chi connectivity index (χ4n) is 2.54. The van der Waals surface area contributed by atoms with E-state index in [0.717, 1.165) is 5.56 Å². The molecule has 0 radical (unpaired) electrons.